The Morgan fingerprint density at radius 2 is 2.33 bits per heavy atom. The van der Waals surface area contributed by atoms with Gasteiger partial charge in [0.15, 0.2) is 11.2 Å². The van der Waals surface area contributed by atoms with Crippen LogP contribution in [0.3, 0.4) is 0 Å². The van der Waals surface area contributed by atoms with Crippen LogP contribution < -0.4 is 10.7 Å². The molecule has 2 rings (SSSR count). The van der Waals surface area contributed by atoms with Gasteiger partial charge in [-0.3, -0.25) is 9.59 Å². The SMILES string of the molecule is Cc1cc(=O)cc(C(=O)NC[C@@H]2CCCN(CCO)C2)o1. The summed E-state index contributed by atoms with van der Waals surface area (Å²) >= 11 is 0. The molecule has 1 atom stereocenters. The summed E-state index contributed by atoms with van der Waals surface area (Å²) in [5.41, 5.74) is -0.226. The number of likely N-dealkylation sites (tertiary alicyclic amines) is 1. The average molecular weight is 294 g/mol. The average Bonchev–Trinajstić information content (AvgIpc) is 2.44. The van der Waals surface area contributed by atoms with E-state index in [1.165, 1.54) is 12.1 Å². The van der Waals surface area contributed by atoms with Crippen LogP contribution in [0, 0.1) is 12.8 Å². The van der Waals surface area contributed by atoms with Crippen LogP contribution in [0.15, 0.2) is 21.3 Å². The molecule has 116 valence electrons. The maximum absolute atomic E-state index is 12.0. The maximum Gasteiger partial charge on any atom is 0.287 e. The van der Waals surface area contributed by atoms with Gasteiger partial charge in [0.2, 0.25) is 0 Å². The van der Waals surface area contributed by atoms with Crippen LogP contribution in [-0.2, 0) is 0 Å². The highest BCUT2D eigenvalue weighted by molar-refractivity contribution is 5.91. The molecule has 1 aliphatic rings. The maximum atomic E-state index is 12.0. The third kappa shape index (κ3) is 4.68. The molecule has 0 bridgehead atoms. The highest BCUT2D eigenvalue weighted by Crippen LogP contribution is 2.15. The molecule has 2 heterocycles. The van der Waals surface area contributed by atoms with Crippen LogP contribution in [-0.4, -0.2) is 48.7 Å². The van der Waals surface area contributed by atoms with Crippen molar-refractivity contribution in [3.63, 3.8) is 0 Å². The number of β-amino-alcohol motifs (C(OH)–C–C–N with tert-alkyl or cyclic N) is 1. The van der Waals surface area contributed by atoms with E-state index in [0.717, 1.165) is 25.9 Å². The minimum atomic E-state index is -0.352. The van der Waals surface area contributed by atoms with E-state index in [-0.39, 0.29) is 23.7 Å². The van der Waals surface area contributed by atoms with E-state index >= 15 is 0 Å². The summed E-state index contributed by atoms with van der Waals surface area (Å²) in [4.78, 5) is 25.6. The van der Waals surface area contributed by atoms with Crippen molar-refractivity contribution in [2.75, 3.05) is 32.8 Å². The summed E-state index contributed by atoms with van der Waals surface area (Å²) < 4.78 is 5.26. The third-order valence-electron chi connectivity index (χ3n) is 3.68. The molecule has 0 aromatic carbocycles. The summed E-state index contributed by atoms with van der Waals surface area (Å²) in [6.45, 7) is 4.91. The van der Waals surface area contributed by atoms with E-state index in [9.17, 15) is 9.59 Å². The monoisotopic (exact) mass is 294 g/mol. The molecule has 0 aliphatic carbocycles. The van der Waals surface area contributed by atoms with Gasteiger partial charge in [0, 0.05) is 31.8 Å². The first-order chi connectivity index (χ1) is 10.1. The molecular weight excluding hydrogens is 272 g/mol. The molecule has 0 spiro atoms. The quantitative estimate of drug-likeness (QED) is 0.820. The van der Waals surface area contributed by atoms with Gasteiger partial charge in [0.25, 0.3) is 5.91 Å². The van der Waals surface area contributed by atoms with Crippen molar-refractivity contribution < 1.29 is 14.3 Å². The highest BCUT2D eigenvalue weighted by atomic mass is 16.3. The summed E-state index contributed by atoms with van der Waals surface area (Å²) in [6, 6.07) is 2.56. The molecule has 6 heteroatoms. The molecule has 1 fully saturated rings. The number of nitrogens with one attached hydrogen (secondary N) is 1. The van der Waals surface area contributed by atoms with E-state index in [1.807, 2.05) is 0 Å². The number of piperidine rings is 1. The Kier molecular flexibility index (Phi) is 5.52. The number of carbonyl (C=O) groups excluding carboxylic acids is 1. The first-order valence-electron chi connectivity index (χ1n) is 7.31. The number of amides is 1. The first-order valence-corrected chi connectivity index (χ1v) is 7.31. The van der Waals surface area contributed by atoms with Crippen molar-refractivity contribution in [2.45, 2.75) is 19.8 Å². The largest absolute Gasteiger partial charge is 0.456 e. The fourth-order valence-corrected chi connectivity index (χ4v) is 2.70. The van der Waals surface area contributed by atoms with Gasteiger partial charge >= 0.3 is 0 Å². The molecule has 0 radical (unpaired) electrons. The number of nitrogens with zero attached hydrogens (tertiary/aromatic N) is 1. The number of carbonyl (C=O) groups is 1. The first kappa shape index (κ1) is 15.7. The molecule has 0 saturated carbocycles. The van der Waals surface area contributed by atoms with E-state index in [1.54, 1.807) is 6.92 Å². The topological polar surface area (TPSA) is 82.8 Å². The number of aliphatic hydroxyl groups excluding tert-OH is 1. The molecule has 1 aromatic rings. The van der Waals surface area contributed by atoms with Crippen LogP contribution in [0.4, 0.5) is 0 Å². The summed E-state index contributed by atoms with van der Waals surface area (Å²) in [6.07, 6.45) is 2.13. The summed E-state index contributed by atoms with van der Waals surface area (Å²) in [7, 11) is 0. The Morgan fingerprint density at radius 1 is 1.52 bits per heavy atom. The Balaban J connectivity index is 1.87. The molecule has 21 heavy (non-hydrogen) atoms. The standard InChI is InChI=1S/C15H22N2O4/c1-11-7-13(19)8-14(21-11)15(20)16-9-12-3-2-4-17(10-12)5-6-18/h7-8,12,18H,2-6,9-10H2,1H3,(H,16,20)/t12-/m0/s1. The zero-order chi connectivity index (χ0) is 15.2. The van der Waals surface area contributed by atoms with Crippen molar-refractivity contribution in [2.24, 2.45) is 5.92 Å². The number of rotatable bonds is 5. The van der Waals surface area contributed by atoms with Crippen LogP contribution in [0.2, 0.25) is 0 Å². The number of aryl methyl sites for hydroxylation is 1. The molecule has 6 nitrogen and oxygen atoms in total. The molecule has 1 aliphatic heterocycles. The van der Waals surface area contributed by atoms with E-state index in [0.29, 0.717) is 24.8 Å². The smallest absolute Gasteiger partial charge is 0.287 e. The lowest BCUT2D eigenvalue weighted by Crippen LogP contribution is -2.42. The van der Waals surface area contributed by atoms with Crippen molar-refractivity contribution in [1.82, 2.24) is 10.2 Å². The molecule has 1 amide bonds. The fraction of sp³-hybridized carbons (Fsp3) is 0.600. The Morgan fingerprint density at radius 3 is 3.05 bits per heavy atom. The highest BCUT2D eigenvalue weighted by Gasteiger charge is 2.20. The summed E-state index contributed by atoms with van der Waals surface area (Å²) in [5, 5.41) is 11.8. The van der Waals surface area contributed by atoms with Crippen molar-refractivity contribution in [3.8, 4) is 0 Å². The number of hydrogen-bond acceptors (Lipinski definition) is 5. The van der Waals surface area contributed by atoms with Gasteiger partial charge in [-0.2, -0.15) is 0 Å². The normalized spacial score (nSPS) is 19.4. The lowest BCUT2D eigenvalue weighted by Gasteiger charge is -2.32. The van der Waals surface area contributed by atoms with Gasteiger partial charge in [-0.1, -0.05) is 0 Å². The van der Waals surface area contributed by atoms with E-state index in [2.05, 4.69) is 10.2 Å². The molecule has 0 unspecified atom stereocenters. The molecule has 1 saturated heterocycles. The third-order valence-corrected chi connectivity index (χ3v) is 3.68. The second kappa shape index (κ2) is 7.38. The van der Waals surface area contributed by atoms with Gasteiger partial charge in [-0.25, -0.2) is 0 Å². The zero-order valence-electron chi connectivity index (χ0n) is 12.3. The molecule has 1 aromatic heterocycles. The lowest BCUT2D eigenvalue weighted by molar-refractivity contribution is 0.0894. The molecule has 2 N–H and O–H groups in total. The Bertz CT molecular complexity index is 539. The van der Waals surface area contributed by atoms with E-state index < -0.39 is 0 Å². The van der Waals surface area contributed by atoms with Crippen LogP contribution >= 0.6 is 0 Å². The minimum absolute atomic E-state index is 0.0584. The van der Waals surface area contributed by atoms with Crippen molar-refractivity contribution >= 4 is 5.91 Å². The van der Waals surface area contributed by atoms with Crippen molar-refractivity contribution in [1.29, 1.82) is 0 Å². The second-order valence-electron chi connectivity index (χ2n) is 5.51. The van der Waals surface area contributed by atoms with E-state index in [4.69, 9.17) is 9.52 Å². The van der Waals surface area contributed by atoms with Crippen LogP contribution in [0.5, 0.6) is 0 Å². The Labute approximate surface area is 123 Å². The van der Waals surface area contributed by atoms with Gasteiger partial charge in [-0.15, -0.1) is 0 Å². The Hall–Kier alpha value is -1.66. The lowest BCUT2D eigenvalue weighted by atomic mass is 9.98. The number of hydrogen-bond donors (Lipinski definition) is 2. The zero-order valence-corrected chi connectivity index (χ0v) is 12.3. The van der Waals surface area contributed by atoms with Gasteiger partial charge in [0.05, 0.1) is 6.61 Å². The van der Waals surface area contributed by atoms with Crippen LogP contribution in [0.1, 0.15) is 29.2 Å². The number of aliphatic hydroxyl groups is 1. The molecular formula is C15H22N2O4. The minimum Gasteiger partial charge on any atom is -0.456 e. The van der Waals surface area contributed by atoms with Crippen LogP contribution in [0.25, 0.3) is 0 Å². The predicted molar refractivity (Wildman–Crippen MR) is 78.3 cm³/mol. The predicted octanol–water partition coefficient (Wildman–Crippen LogP) is 0.382. The summed E-state index contributed by atoms with van der Waals surface area (Å²) in [5.74, 6) is 0.503. The van der Waals surface area contributed by atoms with Gasteiger partial charge < -0.3 is 19.7 Å². The van der Waals surface area contributed by atoms with Gasteiger partial charge in [-0.05, 0) is 32.2 Å². The fourth-order valence-electron chi connectivity index (χ4n) is 2.70. The van der Waals surface area contributed by atoms with Gasteiger partial charge in [0.1, 0.15) is 5.76 Å². The second-order valence-corrected chi connectivity index (χ2v) is 5.51. The van der Waals surface area contributed by atoms with Crippen molar-refractivity contribution in [3.05, 3.63) is 33.9 Å².